The van der Waals surface area contributed by atoms with Crippen molar-refractivity contribution in [1.29, 1.82) is 0 Å². The summed E-state index contributed by atoms with van der Waals surface area (Å²) in [5.41, 5.74) is 2.17. The largest absolute Gasteiger partial charge is 0.465 e. The van der Waals surface area contributed by atoms with Crippen molar-refractivity contribution in [2.24, 2.45) is 4.99 Å². The molecule has 0 aliphatic heterocycles. The number of hydrogen-bond donors (Lipinski definition) is 0. The van der Waals surface area contributed by atoms with E-state index in [9.17, 15) is 9.59 Å². The average Bonchev–Trinajstić information content (AvgIpc) is 2.81. The minimum absolute atomic E-state index is 0.0637. The molecule has 0 aliphatic rings. The first-order chi connectivity index (χ1) is 11.0. The molecule has 1 amide bonds. The van der Waals surface area contributed by atoms with Gasteiger partial charge in [-0.05, 0) is 37.5 Å². The van der Waals surface area contributed by atoms with Crippen LogP contribution in [0, 0.1) is 0 Å². The summed E-state index contributed by atoms with van der Waals surface area (Å²) in [6.45, 7) is 5.75. The molecule has 0 saturated heterocycles. The van der Waals surface area contributed by atoms with Crippen LogP contribution in [0.1, 0.15) is 39.2 Å². The van der Waals surface area contributed by atoms with Crippen LogP contribution in [0.3, 0.4) is 0 Å². The van der Waals surface area contributed by atoms with Gasteiger partial charge in [0.1, 0.15) is 6.54 Å². The van der Waals surface area contributed by atoms with Gasteiger partial charge in [0.25, 0.3) is 0 Å². The molecule has 0 N–H and O–H groups in total. The van der Waals surface area contributed by atoms with E-state index < -0.39 is 0 Å². The van der Waals surface area contributed by atoms with Crippen LogP contribution in [-0.2, 0) is 27.3 Å². The first kappa shape index (κ1) is 17.4. The van der Waals surface area contributed by atoms with Crippen molar-refractivity contribution in [2.45, 2.75) is 46.6 Å². The van der Waals surface area contributed by atoms with E-state index in [-0.39, 0.29) is 18.4 Å². The van der Waals surface area contributed by atoms with Crippen LogP contribution in [0.4, 0.5) is 0 Å². The second-order valence-electron chi connectivity index (χ2n) is 5.31. The Hall–Kier alpha value is -1.95. The molecule has 0 saturated carbocycles. The minimum atomic E-state index is -0.327. The van der Waals surface area contributed by atoms with Gasteiger partial charge in [-0.3, -0.25) is 9.59 Å². The van der Waals surface area contributed by atoms with Crippen LogP contribution in [0.2, 0.25) is 0 Å². The molecular weight excluding hydrogens is 312 g/mol. The number of esters is 1. The summed E-state index contributed by atoms with van der Waals surface area (Å²) in [5.74, 6) is -0.604. The van der Waals surface area contributed by atoms with Crippen LogP contribution in [0.25, 0.3) is 10.2 Å². The number of ether oxygens (including phenoxy) is 1. The average molecular weight is 334 g/mol. The van der Waals surface area contributed by atoms with Crippen LogP contribution in [-0.4, -0.2) is 23.1 Å². The zero-order chi connectivity index (χ0) is 16.8. The van der Waals surface area contributed by atoms with Gasteiger partial charge in [0, 0.05) is 6.92 Å². The predicted octanol–water partition coefficient (Wildman–Crippen LogP) is 3.06. The summed E-state index contributed by atoms with van der Waals surface area (Å²) in [4.78, 5) is 27.8. The lowest BCUT2D eigenvalue weighted by molar-refractivity contribution is -0.143. The molecule has 1 heterocycles. The summed E-state index contributed by atoms with van der Waals surface area (Å²) in [6, 6.07) is 6.19. The molecule has 5 nitrogen and oxygen atoms in total. The van der Waals surface area contributed by atoms with Gasteiger partial charge in [-0.15, -0.1) is 0 Å². The van der Waals surface area contributed by atoms with Crippen LogP contribution in [0.15, 0.2) is 23.2 Å². The van der Waals surface area contributed by atoms with Gasteiger partial charge >= 0.3 is 5.97 Å². The molecule has 1 aromatic heterocycles. The minimum Gasteiger partial charge on any atom is -0.465 e. The van der Waals surface area contributed by atoms with E-state index in [4.69, 9.17) is 4.74 Å². The molecule has 0 radical (unpaired) electrons. The first-order valence-corrected chi connectivity index (χ1v) is 8.70. The fraction of sp³-hybridized carbons (Fsp3) is 0.471. The van der Waals surface area contributed by atoms with Crippen molar-refractivity contribution in [2.75, 3.05) is 6.61 Å². The van der Waals surface area contributed by atoms with Crippen molar-refractivity contribution in [3.05, 3.63) is 28.6 Å². The zero-order valence-electron chi connectivity index (χ0n) is 13.8. The van der Waals surface area contributed by atoms with Gasteiger partial charge in [0.2, 0.25) is 5.91 Å². The quantitative estimate of drug-likeness (QED) is 0.763. The molecule has 0 atom stereocenters. The fourth-order valence-corrected chi connectivity index (χ4v) is 3.50. The van der Waals surface area contributed by atoms with Crippen molar-refractivity contribution in [3.8, 4) is 0 Å². The monoisotopic (exact) mass is 334 g/mol. The highest BCUT2D eigenvalue weighted by molar-refractivity contribution is 7.16. The smallest absolute Gasteiger partial charge is 0.326 e. The topological polar surface area (TPSA) is 60.7 Å². The van der Waals surface area contributed by atoms with E-state index in [0.29, 0.717) is 11.4 Å². The zero-order valence-corrected chi connectivity index (χ0v) is 14.6. The van der Waals surface area contributed by atoms with Crippen LogP contribution < -0.4 is 4.80 Å². The Labute approximate surface area is 139 Å². The number of fused-ring (bicyclic) bond motifs is 1. The van der Waals surface area contributed by atoms with E-state index in [1.54, 1.807) is 11.5 Å². The maximum atomic E-state index is 11.8. The van der Waals surface area contributed by atoms with Gasteiger partial charge in [-0.2, -0.15) is 4.99 Å². The van der Waals surface area contributed by atoms with E-state index >= 15 is 0 Å². The number of amides is 1. The third kappa shape index (κ3) is 4.51. The number of thiazole rings is 1. The van der Waals surface area contributed by atoms with Gasteiger partial charge in [0.05, 0.1) is 16.8 Å². The highest BCUT2D eigenvalue weighted by atomic mass is 32.1. The summed E-state index contributed by atoms with van der Waals surface area (Å²) >= 11 is 1.43. The number of aryl methyl sites for hydroxylation is 1. The number of benzene rings is 1. The Bertz CT molecular complexity index is 774. The molecule has 2 rings (SSSR count). The molecule has 0 unspecified atom stereocenters. The maximum absolute atomic E-state index is 11.8. The Morgan fingerprint density at radius 1 is 1.30 bits per heavy atom. The number of aromatic nitrogens is 1. The molecule has 0 fully saturated rings. The number of carbonyl (C=O) groups excluding carboxylic acids is 2. The maximum Gasteiger partial charge on any atom is 0.326 e. The molecule has 0 aliphatic carbocycles. The van der Waals surface area contributed by atoms with E-state index in [1.165, 1.54) is 23.8 Å². The lowest BCUT2D eigenvalue weighted by Gasteiger charge is -2.05. The van der Waals surface area contributed by atoms with Gasteiger partial charge < -0.3 is 9.30 Å². The second-order valence-corrected chi connectivity index (χ2v) is 6.32. The normalized spacial score (nSPS) is 11.9. The first-order valence-electron chi connectivity index (χ1n) is 7.88. The summed E-state index contributed by atoms with van der Waals surface area (Å²) in [7, 11) is 0. The number of rotatable bonds is 6. The Morgan fingerprint density at radius 3 is 2.74 bits per heavy atom. The molecule has 124 valence electrons. The highest BCUT2D eigenvalue weighted by Gasteiger charge is 2.12. The third-order valence-electron chi connectivity index (χ3n) is 3.41. The van der Waals surface area contributed by atoms with Crippen molar-refractivity contribution >= 4 is 33.4 Å². The van der Waals surface area contributed by atoms with E-state index in [1.807, 2.05) is 6.07 Å². The standard InChI is InChI=1S/C17H22N2O3S/c1-4-6-7-13-8-9-14-15(10-13)23-17(18-12(3)20)19(14)11-16(21)22-5-2/h8-10H,4-7,11H2,1-3H3. The van der Waals surface area contributed by atoms with Crippen molar-refractivity contribution < 1.29 is 14.3 Å². The second kappa shape index (κ2) is 8.06. The van der Waals surface area contributed by atoms with Gasteiger partial charge in [-0.25, -0.2) is 0 Å². The van der Waals surface area contributed by atoms with Crippen LogP contribution in [0.5, 0.6) is 0 Å². The van der Waals surface area contributed by atoms with Crippen LogP contribution >= 0.6 is 11.3 Å². The summed E-state index contributed by atoms with van der Waals surface area (Å²) < 4.78 is 7.80. The summed E-state index contributed by atoms with van der Waals surface area (Å²) in [6.07, 6.45) is 3.32. The Balaban J connectivity index is 2.48. The number of unbranched alkanes of at least 4 members (excludes halogenated alkanes) is 1. The van der Waals surface area contributed by atoms with Crippen molar-refractivity contribution in [1.82, 2.24) is 4.57 Å². The van der Waals surface area contributed by atoms with Crippen molar-refractivity contribution in [3.63, 3.8) is 0 Å². The lowest BCUT2D eigenvalue weighted by Crippen LogP contribution is -2.22. The molecule has 2 aromatic rings. The predicted molar refractivity (Wildman–Crippen MR) is 91.3 cm³/mol. The van der Waals surface area contributed by atoms with E-state index in [2.05, 4.69) is 24.0 Å². The molecular formula is C17H22N2O3S. The van der Waals surface area contributed by atoms with E-state index in [0.717, 1.165) is 29.5 Å². The van der Waals surface area contributed by atoms with Gasteiger partial charge in [-0.1, -0.05) is 30.7 Å². The molecule has 0 spiro atoms. The molecule has 23 heavy (non-hydrogen) atoms. The third-order valence-corrected chi connectivity index (χ3v) is 4.45. The molecule has 6 heteroatoms. The molecule has 1 aromatic carbocycles. The Kier molecular flexibility index (Phi) is 6.10. The van der Waals surface area contributed by atoms with Gasteiger partial charge in [0.15, 0.2) is 4.80 Å². The summed E-state index contributed by atoms with van der Waals surface area (Å²) in [5, 5.41) is 0. The number of hydrogen-bond acceptors (Lipinski definition) is 4. The fourth-order valence-electron chi connectivity index (χ4n) is 2.36. The number of nitrogens with zero attached hydrogens (tertiary/aromatic N) is 2. The lowest BCUT2D eigenvalue weighted by atomic mass is 10.1. The molecule has 0 bridgehead atoms. The SMILES string of the molecule is CCCCc1ccc2c(c1)sc(=NC(C)=O)n2CC(=O)OCC. The Morgan fingerprint density at radius 2 is 2.09 bits per heavy atom. The number of carbonyl (C=O) groups is 2. The highest BCUT2D eigenvalue weighted by Crippen LogP contribution is 2.20.